The Hall–Kier alpha value is -9.26. The van der Waals surface area contributed by atoms with E-state index < -0.39 is 17.9 Å². The monoisotopic (exact) mass is 987 g/mol. The summed E-state index contributed by atoms with van der Waals surface area (Å²) in [6.45, 7) is 6.68. The molecule has 0 bridgehead atoms. The van der Waals surface area contributed by atoms with Crippen LogP contribution in [0.5, 0.6) is 0 Å². The summed E-state index contributed by atoms with van der Waals surface area (Å²) in [6.07, 6.45) is 9.82. The number of imidazole rings is 3. The lowest BCUT2D eigenvalue weighted by Crippen LogP contribution is -2.47. The number of rotatable bonds is 11. The normalized spacial score (nSPS) is 13.2. The molecule has 0 unspecified atom stereocenters. The molecule has 18 nitrogen and oxygen atoms in total. The van der Waals surface area contributed by atoms with E-state index in [2.05, 4.69) is 46.1 Å². The average Bonchev–Trinajstić information content (AvgIpc) is 4.25. The van der Waals surface area contributed by atoms with Crippen LogP contribution in [0, 0.1) is 0 Å². The fourth-order valence-corrected chi connectivity index (χ4v) is 9.98. The van der Waals surface area contributed by atoms with Crippen LogP contribution in [0.4, 0.5) is 11.4 Å². The Morgan fingerprint density at radius 1 is 0.622 bits per heavy atom. The highest BCUT2D eigenvalue weighted by molar-refractivity contribution is 6.06. The molecule has 13 rings (SSSR count). The number of anilines is 2. The Morgan fingerprint density at radius 3 is 1.89 bits per heavy atom. The van der Waals surface area contributed by atoms with Crippen molar-refractivity contribution >= 4 is 84.7 Å². The number of pyridine rings is 4. The van der Waals surface area contributed by atoms with Gasteiger partial charge in [-0.2, -0.15) is 0 Å². The van der Waals surface area contributed by atoms with Crippen molar-refractivity contribution in [2.75, 3.05) is 63.2 Å². The predicted octanol–water partition coefficient (Wildman–Crippen LogP) is 8.50. The highest BCUT2D eigenvalue weighted by atomic mass is 16.5. The van der Waals surface area contributed by atoms with Crippen LogP contribution in [0.25, 0.3) is 66.6 Å². The first-order chi connectivity index (χ1) is 36.1. The number of carboxylic acid groups (broad SMARTS) is 3. The molecule has 0 atom stereocenters. The van der Waals surface area contributed by atoms with Crippen LogP contribution in [0.15, 0.2) is 146 Å². The first-order valence-electron chi connectivity index (χ1n) is 24.1. The summed E-state index contributed by atoms with van der Waals surface area (Å²) in [7, 11) is 1.72. The molecule has 4 aromatic carbocycles. The van der Waals surface area contributed by atoms with Gasteiger partial charge in [0.25, 0.3) is 0 Å². The van der Waals surface area contributed by atoms with Gasteiger partial charge in [0.2, 0.25) is 0 Å². The lowest BCUT2D eigenvalue weighted by Gasteiger charge is -2.36. The van der Waals surface area contributed by atoms with Gasteiger partial charge >= 0.3 is 17.9 Å². The zero-order chi connectivity index (χ0) is 50.9. The van der Waals surface area contributed by atoms with E-state index in [0.29, 0.717) is 29.0 Å². The van der Waals surface area contributed by atoms with E-state index >= 15 is 0 Å². The van der Waals surface area contributed by atoms with E-state index in [9.17, 15) is 24.6 Å². The van der Waals surface area contributed by atoms with Crippen molar-refractivity contribution in [3.8, 4) is 11.1 Å². The van der Waals surface area contributed by atoms with Gasteiger partial charge in [0, 0.05) is 99.9 Å². The Morgan fingerprint density at radius 2 is 1.24 bits per heavy atom. The Kier molecular flexibility index (Phi) is 12.8. The third kappa shape index (κ3) is 8.92. The fraction of sp³-hybridized carbons (Fsp3) is 0.179. The number of nitrogens with one attached hydrogen (secondary N) is 1. The molecular weight excluding hydrogens is 939 g/mol. The van der Waals surface area contributed by atoms with E-state index in [0.717, 1.165) is 108 Å². The van der Waals surface area contributed by atoms with Gasteiger partial charge in [0.05, 0.1) is 40.6 Å². The molecule has 1 saturated heterocycles. The van der Waals surface area contributed by atoms with Gasteiger partial charge in [-0.05, 0) is 89.3 Å². The summed E-state index contributed by atoms with van der Waals surface area (Å²) >= 11 is 0. The lowest BCUT2D eigenvalue weighted by atomic mass is 10.0. The summed E-state index contributed by atoms with van der Waals surface area (Å²) in [4.78, 5) is 61.9. The third-order valence-electron chi connectivity index (χ3n) is 13.6. The van der Waals surface area contributed by atoms with Crippen molar-refractivity contribution in [3.63, 3.8) is 0 Å². The van der Waals surface area contributed by atoms with Crippen molar-refractivity contribution < 1.29 is 34.4 Å². The van der Waals surface area contributed by atoms with Gasteiger partial charge in [0.1, 0.15) is 22.4 Å². The SMILES string of the molecule is COCCN1CCN(c2ccnc3c2cc(C(=O)O)c2nc4ccccc4n23)CC1.O=C(O)c1cc2c(NCCn3ccnc3)ccnc2n2c1nc1ccccc12.O=C(O)c1ccc2c(c1)-c1ccccc1C2. The molecule has 1 aliphatic heterocycles. The van der Waals surface area contributed by atoms with Crippen LogP contribution < -0.4 is 10.2 Å². The van der Waals surface area contributed by atoms with Gasteiger partial charge in [-0.3, -0.25) is 13.7 Å². The second-order valence-corrected chi connectivity index (χ2v) is 18.0. The number of piperazine rings is 1. The van der Waals surface area contributed by atoms with Crippen molar-refractivity contribution in [3.05, 3.63) is 174 Å². The minimum absolute atomic E-state index is 0.148. The summed E-state index contributed by atoms with van der Waals surface area (Å²) < 4.78 is 10.8. The predicted molar refractivity (Wildman–Crippen MR) is 283 cm³/mol. The molecule has 11 aromatic rings. The molecule has 0 radical (unpaired) electrons. The lowest BCUT2D eigenvalue weighted by molar-refractivity contribution is 0.0686. The van der Waals surface area contributed by atoms with E-state index in [1.807, 2.05) is 104 Å². The number of carboxylic acids is 3. The number of para-hydroxylation sites is 4. The summed E-state index contributed by atoms with van der Waals surface area (Å²) in [5.41, 5.74) is 12.6. The van der Waals surface area contributed by atoms with Crippen LogP contribution in [-0.2, 0) is 17.7 Å². The minimum Gasteiger partial charge on any atom is -0.478 e. The maximum Gasteiger partial charge on any atom is 0.339 e. The molecule has 74 heavy (non-hydrogen) atoms. The molecule has 370 valence electrons. The Bertz CT molecular complexity index is 3940. The molecule has 1 aliphatic carbocycles. The molecule has 18 heteroatoms. The van der Waals surface area contributed by atoms with Crippen molar-refractivity contribution in [1.29, 1.82) is 0 Å². The summed E-state index contributed by atoms with van der Waals surface area (Å²) in [5, 5.41) is 33.5. The first-order valence-corrected chi connectivity index (χ1v) is 24.1. The van der Waals surface area contributed by atoms with E-state index in [1.165, 1.54) is 16.7 Å². The topological polar surface area (TPSA) is 218 Å². The molecule has 1 fully saturated rings. The Balaban J connectivity index is 0.000000125. The smallest absolute Gasteiger partial charge is 0.339 e. The van der Waals surface area contributed by atoms with E-state index in [4.69, 9.17) is 9.84 Å². The fourth-order valence-electron chi connectivity index (χ4n) is 9.98. The second-order valence-electron chi connectivity index (χ2n) is 18.0. The number of hydrogen-bond acceptors (Lipinski definition) is 12. The number of hydrogen-bond donors (Lipinski definition) is 4. The number of methoxy groups -OCH3 is 1. The first kappa shape index (κ1) is 47.1. The van der Waals surface area contributed by atoms with Crippen LogP contribution in [-0.4, -0.2) is 129 Å². The number of aromatic nitrogens is 8. The highest BCUT2D eigenvalue weighted by Crippen LogP contribution is 2.37. The maximum absolute atomic E-state index is 12.1. The summed E-state index contributed by atoms with van der Waals surface area (Å²) in [6, 6.07) is 35.9. The zero-order valence-corrected chi connectivity index (χ0v) is 40.2. The molecule has 8 heterocycles. The largest absolute Gasteiger partial charge is 0.478 e. The van der Waals surface area contributed by atoms with Crippen LogP contribution in [0.1, 0.15) is 42.2 Å². The molecule has 4 N–H and O–H groups in total. The number of fused-ring (bicyclic) bond motifs is 13. The quantitative estimate of drug-likeness (QED) is 0.0955. The number of ether oxygens (including phenoxy) is 1. The molecule has 0 spiro atoms. The number of carbonyl (C=O) groups is 3. The second kappa shape index (κ2) is 20.1. The van der Waals surface area contributed by atoms with Crippen molar-refractivity contribution in [1.82, 2.24) is 43.2 Å². The molecule has 2 aliphatic rings. The van der Waals surface area contributed by atoms with Gasteiger partial charge in [-0.25, -0.2) is 39.3 Å². The van der Waals surface area contributed by atoms with Crippen molar-refractivity contribution in [2.45, 2.75) is 13.0 Å². The summed E-state index contributed by atoms with van der Waals surface area (Å²) in [5.74, 6) is -2.88. The molecular formula is C56H49N11O7. The Labute approximate surface area is 422 Å². The van der Waals surface area contributed by atoms with E-state index in [1.54, 1.807) is 56.3 Å². The van der Waals surface area contributed by atoms with Crippen LogP contribution >= 0.6 is 0 Å². The third-order valence-corrected chi connectivity index (χ3v) is 13.6. The van der Waals surface area contributed by atoms with Gasteiger partial charge < -0.3 is 34.8 Å². The van der Waals surface area contributed by atoms with Crippen molar-refractivity contribution in [2.24, 2.45) is 0 Å². The number of aromatic carboxylic acids is 3. The standard InChI is InChI=1S/C22H23N5O3.C20H16N6O2.C14H10O2/c1-30-13-12-25-8-10-26(11-9-25)18-6-7-23-20-15(18)14-16(22(28)29)21-24-17-4-2-3-5-19(17)27(20)21;27-20(28)14-11-13-15(22-8-10-25-9-7-21-12-25)5-6-23-18(13)26-17-4-2-1-3-16(17)24-19(14)26;15-14(16)11-6-5-10-7-9-3-1-2-4-12(9)13(10)8-11/h2-7,14H,8-13H2,1H3,(H,28,29);1-7,9,11-12H,8,10H2,(H,22,23)(H,27,28);1-6,8H,7H2,(H,15,16). The number of benzene rings is 4. The molecule has 0 amide bonds. The van der Waals surface area contributed by atoms with Gasteiger partial charge in [-0.15, -0.1) is 0 Å². The molecule has 0 saturated carbocycles. The molecule has 7 aromatic heterocycles. The van der Waals surface area contributed by atoms with Crippen LogP contribution in [0.2, 0.25) is 0 Å². The average molecular weight is 988 g/mol. The van der Waals surface area contributed by atoms with Crippen LogP contribution in [0.3, 0.4) is 0 Å². The minimum atomic E-state index is -1.02. The van der Waals surface area contributed by atoms with Gasteiger partial charge in [0.15, 0.2) is 11.3 Å². The van der Waals surface area contributed by atoms with Gasteiger partial charge in [-0.1, -0.05) is 54.6 Å². The number of nitrogens with zero attached hydrogens (tertiary/aromatic N) is 10. The zero-order valence-electron chi connectivity index (χ0n) is 40.2. The highest BCUT2D eigenvalue weighted by Gasteiger charge is 2.24. The maximum atomic E-state index is 12.1. The van der Waals surface area contributed by atoms with E-state index in [-0.39, 0.29) is 11.1 Å².